The highest BCUT2D eigenvalue weighted by molar-refractivity contribution is 5.96. The predicted octanol–water partition coefficient (Wildman–Crippen LogP) is 6.28. The summed E-state index contributed by atoms with van der Waals surface area (Å²) in [5.74, 6) is 0.835. The van der Waals surface area contributed by atoms with Crippen molar-refractivity contribution >= 4 is 16.7 Å². The van der Waals surface area contributed by atoms with E-state index in [9.17, 15) is 4.79 Å². The number of carbonyl (C=O) groups excluding carboxylic acids is 1. The van der Waals surface area contributed by atoms with E-state index in [4.69, 9.17) is 14.7 Å². The first kappa shape index (κ1) is 20.4. The standard InChI is InChI=1S/C25H25NO3/c1-2-3-4-5-6-15-28-24-14-11-20-16-22(10-9-21(20)17-24)25(27)29-23-12-7-19(18-26)8-13-23/h7-14,16-17H,2-6,15H2,1H3. The Labute approximate surface area is 171 Å². The molecule has 0 aromatic heterocycles. The lowest BCUT2D eigenvalue weighted by Gasteiger charge is -2.09. The number of hydrogen-bond donors (Lipinski definition) is 0. The van der Waals surface area contributed by atoms with Crippen molar-refractivity contribution < 1.29 is 14.3 Å². The number of esters is 1. The fourth-order valence-electron chi connectivity index (χ4n) is 3.10. The molecule has 0 atom stereocenters. The molecule has 0 fully saturated rings. The lowest BCUT2D eigenvalue weighted by Crippen LogP contribution is -2.08. The summed E-state index contributed by atoms with van der Waals surface area (Å²) in [5, 5.41) is 10.8. The highest BCUT2D eigenvalue weighted by Gasteiger charge is 2.10. The molecule has 0 saturated heterocycles. The lowest BCUT2D eigenvalue weighted by molar-refractivity contribution is 0.0735. The molecule has 29 heavy (non-hydrogen) atoms. The normalized spacial score (nSPS) is 10.5. The molecule has 0 bridgehead atoms. The maximum Gasteiger partial charge on any atom is 0.343 e. The van der Waals surface area contributed by atoms with Gasteiger partial charge in [-0.25, -0.2) is 4.79 Å². The third kappa shape index (κ3) is 5.83. The van der Waals surface area contributed by atoms with E-state index in [1.165, 1.54) is 25.7 Å². The first-order valence-electron chi connectivity index (χ1n) is 10.1. The van der Waals surface area contributed by atoms with Crippen molar-refractivity contribution in [2.45, 2.75) is 39.0 Å². The zero-order valence-corrected chi connectivity index (χ0v) is 16.7. The van der Waals surface area contributed by atoms with Crippen LogP contribution in [0.2, 0.25) is 0 Å². The highest BCUT2D eigenvalue weighted by Crippen LogP contribution is 2.23. The number of rotatable bonds is 9. The fraction of sp³-hybridized carbons (Fsp3) is 0.280. The molecule has 4 heteroatoms. The van der Waals surface area contributed by atoms with E-state index in [-0.39, 0.29) is 0 Å². The quantitative estimate of drug-likeness (QED) is 0.246. The topological polar surface area (TPSA) is 59.3 Å². The van der Waals surface area contributed by atoms with Crippen LogP contribution in [0, 0.1) is 11.3 Å². The van der Waals surface area contributed by atoms with Gasteiger partial charge in [-0.3, -0.25) is 0 Å². The Morgan fingerprint density at radius 3 is 2.31 bits per heavy atom. The molecule has 0 unspecified atom stereocenters. The van der Waals surface area contributed by atoms with Crippen LogP contribution in [0.25, 0.3) is 10.8 Å². The molecule has 0 aliphatic heterocycles. The summed E-state index contributed by atoms with van der Waals surface area (Å²) in [6, 6.07) is 19.9. The van der Waals surface area contributed by atoms with Gasteiger partial charge in [-0.2, -0.15) is 5.26 Å². The summed E-state index contributed by atoms with van der Waals surface area (Å²) in [4.78, 5) is 12.4. The van der Waals surface area contributed by atoms with Crippen LogP contribution >= 0.6 is 0 Å². The average molecular weight is 387 g/mol. The van der Waals surface area contributed by atoms with Gasteiger partial charge in [-0.15, -0.1) is 0 Å². The van der Waals surface area contributed by atoms with Crippen LogP contribution in [0.5, 0.6) is 11.5 Å². The van der Waals surface area contributed by atoms with Crippen LogP contribution < -0.4 is 9.47 Å². The Morgan fingerprint density at radius 2 is 1.55 bits per heavy atom. The second-order valence-corrected chi connectivity index (χ2v) is 7.01. The number of nitrogens with zero attached hydrogens (tertiary/aromatic N) is 1. The molecular formula is C25H25NO3. The number of unbranched alkanes of at least 4 members (excludes halogenated alkanes) is 4. The third-order valence-electron chi connectivity index (χ3n) is 4.76. The maximum absolute atomic E-state index is 12.4. The molecule has 3 aromatic carbocycles. The Bertz CT molecular complexity index is 1000. The minimum atomic E-state index is -0.427. The lowest BCUT2D eigenvalue weighted by atomic mass is 10.1. The van der Waals surface area contributed by atoms with Crippen LogP contribution in [-0.4, -0.2) is 12.6 Å². The summed E-state index contributed by atoms with van der Waals surface area (Å²) < 4.78 is 11.2. The van der Waals surface area contributed by atoms with E-state index in [1.54, 1.807) is 30.3 Å². The minimum Gasteiger partial charge on any atom is -0.494 e. The van der Waals surface area contributed by atoms with Crippen molar-refractivity contribution in [3.05, 3.63) is 71.8 Å². The minimum absolute atomic E-state index is 0.414. The second-order valence-electron chi connectivity index (χ2n) is 7.01. The number of carbonyl (C=O) groups is 1. The number of nitriles is 1. The van der Waals surface area contributed by atoms with Crippen molar-refractivity contribution in [1.29, 1.82) is 5.26 Å². The van der Waals surface area contributed by atoms with Gasteiger partial charge in [-0.1, -0.05) is 44.7 Å². The molecule has 0 aliphatic rings. The van der Waals surface area contributed by atoms with Gasteiger partial charge in [0.05, 0.1) is 23.8 Å². The number of ether oxygens (including phenoxy) is 2. The fourth-order valence-corrected chi connectivity index (χ4v) is 3.10. The summed E-state index contributed by atoms with van der Waals surface area (Å²) in [6.45, 7) is 2.94. The third-order valence-corrected chi connectivity index (χ3v) is 4.76. The zero-order valence-electron chi connectivity index (χ0n) is 16.7. The summed E-state index contributed by atoms with van der Waals surface area (Å²) >= 11 is 0. The monoisotopic (exact) mass is 387 g/mol. The van der Waals surface area contributed by atoms with Gasteiger partial charge in [0.15, 0.2) is 0 Å². The van der Waals surface area contributed by atoms with Gasteiger partial charge >= 0.3 is 5.97 Å². The Morgan fingerprint density at radius 1 is 0.862 bits per heavy atom. The number of fused-ring (bicyclic) bond motifs is 1. The van der Waals surface area contributed by atoms with E-state index in [0.29, 0.717) is 16.9 Å². The van der Waals surface area contributed by atoms with E-state index in [0.717, 1.165) is 29.5 Å². The van der Waals surface area contributed by atoms with Gasteiger partial charge in [0.1, 0.15) is 11.5 Å². The molecule has 0 spiro atoms. The average Bonchev–Trinajstić information content (AvgIpc) is 2.76. The van der Waals surface area contributed by atoms with Gasteiger partial charge in [0, 0.05) is 0 Å². The van der Waals surface area contributed by atoms with Crippen LogP contribution in [0.4, 0.5) is 0 Å². The molecule has 0 amide bonds. The van der Waals surface area contributed by atoms with E-state index in [1.807, 2.05) is 36.4 Å². The second kappa shape index (κ2) is 10.3. The number of benzene rings is 3. The molecule has 3 aromatic rings. The first-order valence-corrected chi connectivity index (χ1v) is 10.1. The Balaban J connectivity index is 1.60. The smallest absolute Gasteiger partial charge is 0.343 e. The predicted molar refractivity (Wildman–Crippen MR) is 114 cm³/mol. The Hall–Kier alpha value is -3.32. The van der Waals surface area contributed by atoms with Gasteiger partial charge in [0.25, 0.3) is 0 Å². The van der Waals surface area contributed by atoms with Crippen LogP contribution in [0.15, 0.2) is 60.7 Å². The van der Waals surface area contributed by atoms with Crippen molar-refractivity contribution in [1.82, 2.24) is 0 Å². The van der Waals surface area contributed by atoms with Crippen LogP contribution in [-0.2, 0) is 0 Å². The molecule has 4 nitrogen and oxygen atoms in total. The molecule has 3 rings (SSSR count). The van der Waals surface area contributed by atoms with E-state index in [2.05, 4.69) is 6.92 Å². The summed E-state index contributed by atoms with van der Waals surface area (Å²) in [6.07, 6.45) is 6.06. The SMILES string of the molecule is CCCCCCCOc1ccc2cc(C(=O)Oc3ccc(C#N)cc3)ccc2c1. The molecule has 0 radical (unpaired) electrons. The van der Waals surface area contributed by atoms with Gasteiger partial charge in [0.2, 0.25) is 0 Å². The molecule has 148 valence electrons. The number of hydrogen-bond acceptors (Lipinski definition) is 4. The highest BCUT2D eigenvalue weighted by atomic mass is 16.5. The zero-order chi connectivity index (χ0) is 20.5. The van der Waals surface area contributed by atoms with Crippen LogP contribution in [0.1, 0.15) is 54.9 Å². The molecule has 0 heterocycles. The van der Waals surface area contributed by atoms with Crippen molar-refractivity contribution in [3.8, 4) is 17.6 Å². The van der Waals surface area contributed by atoms with Crippen molar-refractivity contribution in [3.63, 3.8) is 0 Å². The summed E-state index contributed by atoms with van der Waals surface area (Å²) in [7, 11) is 0. The Kier molecular flexibility index (Phi) is 7.24. The molecule has 0 aliphatic carbocycles. The van der Waals surface area contributed by atoms with Crippen LogP contribution in [0.3, 0.4) is 0 Å². The van der Waals surface area contributed by atoms with E-state index < -0.39 is 5.97 Å². The largest absolute Gasteiger partial charge is 0.494 e. The summed E-state index contributed by atoms with van der Waals surface area (Å²) in [5.41, 5.74) is 1.00. The molecule has 0 N–H and O–H groups in total. The van der Waals surface area contributed by atoms with E-state index >= 15 is 0 Å². The molecular weight excluding hydrogens is 362 g/mol. The van der Waals surface area contributed by atoms with Gasteiger partial charge in [-0.05, 0) is 65.7 Å². The molecule has 0 saturated carbocycles. The van der Waals surface area contributed by atoms with Crippen molar-refractivity contribution in [2.24, 2.45) is 0 Å². The first-order chi connectivity index (χ1) is 14.2. The maximum atomic E-state index is 12.4. The van der Waals surface area contributed by atoms with Crippen molar-refractivity contribution in [2.75, 3.05) is 6.61 Å². The van der Waals surface area contributed by atoms with Gasteiger partial charge < -0.3 is 9.47 Å².